The molecule has 1 saturated carbocycles. The average molecular weight is 894 g/mol. The van der Waals surface area contributed by atoms with Crippen molar-refractivity contribution in [2.75, 3.05) is 4.90 Å². The van der Waals surface area contributed by atoms with E-state index in [0.717, 1.165) is 5.69 Å². The van der Waals surface area contributed by atoms with Crippen LogP contribution < -0.4 is 4.90 Å². The van der Waals surface area contributed by atoms with Crippen LogP contribution in [0.2, 0.25) is 0 Å². The molecule has 70 heavy (non-hydrogen) atoms. The molecule has 1 heteroatoms. The lowest BCUT2D eigenvalue weighted by Crippen LogP contribution is -2.26. The third-order valence-electron chi connectivity index (χ3n) is 17.4. The van der Waals surface area contributed by atoms with E-state index in [1.165, 1.54) is 148 Å². The van der Waals surface area contributed by atoms with Gasteiger partial charge in [-0.05, 0) is 149 Å². The molecule has 0 amide bonds. The highest BCUT2D eigenvalue weighted by Gasteiger charge is 2.53. The zero-order chi connectivity index (χ0) is 46.3. The zero-order valence-corrected chi connectivity index (χ0v) is 39.6. The second kappa shape index (κ2) is 14.5. The fourth-order valence-electron chi connectivity index (χ4n) is 14.7. The van der Waals surface area contributed by atoms with Crippen molar-refractivity contribution in [3.63, 3.8) is 0 Å². The molecule has 0 unspecified atom stereocenters. The normalized spacial score (nSPS) is 16.0. The van der Waals surface area contributed by atoms with Gasteiger partial charge in [-0.2, -0.15) is 0 Å². The molecule has 1 nitrogen and oxygen atoms in total. The summed E-state index contributed by atoms with van der Waals surface area (Å²) in [4.78, 5) is 2.59. The Kier molecular flexibility index (Phi) is 8.28. The first-order valence-electron chi connectivity index (χ1n) is 25.4. The van der Waals surface area contributed by atoms with Crippen LogP contribution in [0.25, 0.3) is 66.8 Å². The topological polar surface area (TPSA) is 3.24 Å². The summed E-state index contributed by atoms with van der Waals surface area (Å²) in [6.07, 6.45) is 4.90. The summed E-state index contributed by atoms with van der Waals surface area (Å²) < 4.78 is 0. The van der Waals surface area contributed by atoms with Gasteiger partial charge in [0.25, 0.3) is 0 Å². The van der Waals surface area contributed by atoms with Crippen LogP contribution in [0.3, 0.4) is 0 Å². The Morgan fingerprint density at radius 1 is 0.329 bits per heavy atom. The molecular weight excluding hydrogens is 843 g/mol. The number of hydrogen-bond acceptors (Lipinski definition) is 1. The molecule has 0 saturated heterocycles. The predicted octanol–water partition coefficient (Wildman–Crippen LogP) is 18.0. The van der Waals surface area contributed by atoms with Gasteiger partial charge in [0.2, 0.25) is 0 Å². The number of fused-ring (bicyclic) bond motifs is 18. The monoisotopic (exact) mass is 893 g/mol. The van der Waals surface area contributed by atoms with Gasteiger partial charge >= 0.3 is 0 Å². The molecule has 332 valence electrons. The second-order valence-corrected chi connectivity index (χ2v) is 21.0. The van der Waals surface area contributed by atoms with E-state index in [2.05, 4.69) is 243 Å². The van der Waals surface area contributed by atoms with Crippen LogP contribution in [-0.2, 0) is 16.2 Å². The SMILES string of the molecule is CC1(C)c2ccccc2-c2cccc(-c3ccccc3-c3ccc(N(c4ccc5c(c4)C4(CCCC4)c4ccccc4-5)c4cccc5c4-c4ccccc4C54c5ccccc5-c5ccccc54)cc3)c21. The highest BCUT2D eigenvalue weighted by molar-refractivity contribution is 6.02. The Labute approximate surface area is 411 Å². The number of benzene rings is 10. The first-order chi connectivity index (χ1) is 34.5. The molecule has 0 atom stereocenters. The summed E-state index contributed by atoms with van der Waals surface area (Å²) in [7, 11) is 0. The van der Waals surface area contributed by atoms with Crippen LogP contribution >= 0.6 is 0 Å². The molecule has 1 fully saturated rings. The van der Waals surface area contributed by atoms with Gasteiger partial charge in [0, 0.05) is 27.8 Å². The van der Waals surface area contributed by atoms with Crippen molar-refractivity contribution in [1.82, 2.24) is 0 Å². The minimum atomic E-state index is -0.435. The van der Waals surface area contributed by atoms with Crippen LogP contribution in [-0.4, -0.2) is 0 Å². The Morgan fingerprint density at radius 3 is 1.43 bits per heavy atom. The lowest BCUT2D eigenvalue weighted by atomic mass is 9.70. The minimum Gasteiger partial charge on any atom is -0.310 e. The number of nitrogens with zero attached hydrogens (tertiary/aromatic N) is 1. The third-order valence-corrected chi connectivity index (χ3v) is 17.4. The zero-order valence-electron chi connectivity index (χ0n) is 39.6. The molecule has 10 aromatic carbocycles. The molecule has 0 aliphatic heterocycles. The minimum absolute atomic E-state index is 0.0429. The Balaban J connectivity index is 0.939. The van der Waals surface area contributed by atoms with Gasteiger partial charge in [-0.25, -0.2) is 0 Å². The fraction of sp³-hybridized carbons (Fsp3) is 0.130. The average Bonchev–Trinajstić information content (AvgIpc) is 4.22. The van der Waals surface area contributed by atoms with E-state index in [-0.39, 0.29) is 10.8 Å². The van der Waals surface area contributed by atoms with Crippen LogP contribution in [0, 0.1) is 0 Å². The summed E-state index contributed by atoms with van der Waals surface area (Å²) in [6.45, 7) is 4.79. The molecule has 0 N–H and O–H groups in total. The van der Waals surface area contributed by atoms with Crippen molar-refractivity contribution in [2.24, 2.45) is 0 Å². The molecule has 10 aromatic rings. The second-order valence-electron chi connectivity index (χ2n) is 21.0. The lowest BCUT2D eigenvalue weighted by molar-refractivity contribution is 0.550. The molecule has 5 aliphatic carbocycles. The molecule has 0 heterocycles. The van der Waals surface area contributed by atoms with Crippen LogP contribution in [0.5, 0.6) is 0 Å². The lowest BCUT2D eigenvalue weighted by Gasteiger charge is -2.32. The predicted molar refractivity (Wildman–Crippen MR) is 291 cm³/mol. The van der Waals surface area contributed by atoms with Crippen LogP contribution in [0.1, 0.15) is 84.0 Å². The molecule has 0 bridgehead atoms. The third kappa shape index (κ3) is 5.12. The first kappa shape index (κ1) is 39.9. The summed E-state index contributed by atoms with van der Waals surface area (Å²) in [6, 6.07) is 85.7. The van der Waals surface area contributed by atoms with Crippen molar-refractivity contribution in [3.05, 3.63) is 269 Å². The van der Waals surface area contributed by atoms with Crippen molar-refractivity contribution in [2.45, 2.75) is 55.8 Å². The van der Waals surface area contributed by atoms with E-state index in [1.807, 2.05) is 0 Å². The highest BCUT2D eigenvalue weighted by atomic mass is 15.1. The summed E-state index contributed by atoms with van der Waals surface area (Å²) in [5, 5.41) is 0. The maximum Gasteiger partial charge on any atom is 0.0726 e. The van der Waals surface area contributed by atoms with Crippen molar-refractivity contribution >= 4 is 17.1 Å². The van der Waals surface area contributed by atoms with Crippen LogP contribution in [0.15, 0.2) is 224 Å². The molecule has 15 rings (SSSR count). The van der Waals surface area contributed by atoms with E-state index < -0.39 is 5.41 Å². The first-order valence-corrected chi connectivity index (χ1v) is 25.4. The molecule has 0 aromatic heterocycles. The molecular formula is C69H51N. The highest BCUT2D eigenvalue weighted by Crippen LogP contribution is 2.65. The smallest absolute Gasteiger partial charge is 0.0726 e. The van der Waals surface area contributed by atoms with Gasteiger partial charge in [0.15, 0.2) is 0 Å². The van der Waals surface area contributed by atoms with E-state index in [0.29, 0.717) is 0 Å². The van der Waals surface area contributed by atoms with E-state index in [9.17, 15) is 0 Å². The Hall–Kier alpha value is -8.00. The van der Waals surface area contributed by atoms with Gasteiger partial charge in [-0.3, -0.25) is 0 Å². The van der Waals surface area contributed by atoms with Crippen molar-refractivity contribution in [1.29, 1.82) is 0 Å². The standard InChI is InChI=1S/C69H51N/c1-67(2)57-28-10-5-24-52(57)55-27-17-26-54(66(55)67)48-20-4-3-19-47(48)44-35-37-45(38-36-44)70(46-39-40-53-49-21-6-11-29-58(49)68(63(53)43-46)41-15-16-42-68)64-34-18-33-62-65(64)56-25-9-14-32-61(56)69(62)59-30-12-7-22-50(59)51-23-8-13-31-60(51)69/h3-14,17-40,43H,15-16,41-42H2,1-2H3. The number of hydrogen-bond donors (Lipinski definition) is 0. The Bertz CT molecular complexity index is 3780. The summed E-state index contributed by atoms with van der Waals surface area (Å²) in [5.74, 6) is 0. The number of rotatable bonds is 5. The van der Waals surface area contributed by atoms with Gasteiger partial charge in [0.1, 0.15) is 0 Å². The van der Waals surface area contributed by atoms with Gasteiger partial charge in [-0.15, -0.1) is 0 Å². The van der Waals surface area contributed by atoms with Gasteiger partial charge in [-0.1, -0.05) is 221 Å². The number of anilines is 3. The molecule has 5 aliphatic rings. The van der Waals surface area contributed by atoms with Gasteiger partial charge < -0.3 is 4.90 Å². The van der Waals surface area contributed by atoms with Crippen LogP contribution in [0.4, 0.5) is 17.1 Å². The fourth-order valence-corrected chi connectivity index (χ4v) is 14.7. The van der Waals surface area contributed by atoms with E-state index in [1.54, 1.807) is 0 Å². The van der Waals surface area contributed by atoms with E-state index in [4.69, 9.17) is 0 Å². The largest absolute Gasteiger partial charge is 0.310 e. The summed E-state index contributed by atoms with van der Waals surface area (Å²) in [5.41, 5.74) is 30.1. The maximum absolute atomic E-state index is 2.59. The van der Waals surface area contributed by atoms with Crippen molar-refractivity contribution < 1.29 is 0 Å². The molecule has 0 radical (unpaired) electrons. The quantitative estimate of drug-likeness (QED) is 0.166. The Morgan fingerprint density at radius 2 is 0.771 bits per heavy atom. The summed E-state index contributed by atoms with van der Waals surface area (Å²) >= 11 is 0. The molecule has 2 spiro atoms. The van der Waals surface area contributed by atoms with Crippen molar-refractivity contribution in [3.8, 4) is 66.8 Å². The van der Waals surface area contributed by atoms with Gasteiger partial charge in [0.05, 0.1) is 11.1 Å². The maximum atomic E-state index is 2.59. The van der Waals surface area contributed by atoms with E-state index >= 15 is 0 Å².